The molecule has 0 heterocycles. The molecule has 0 aliphatic rings. The van der Waals surface area contributed by atoms with E-state index < -0.39 is 10.7 Å². The van der Waals surface area contributed by atoms with Crippen molar-refractivity contribution in [2.75, 3.05) is 19.5 Å². The van der Waals surface area contributed by atoms with Gasteiger partial charge >= 0.3 is 0 Å². The predicted molar refractivity (Wildman–Crippen MR) is 84.9 cm³/mol. The zero-order valence-electron chi connectivity index (χ0n) is 12.4. The van der Waals surface area contributed by atoms with Crippen LogP contribution in [-0.4, -0.2) is 19.1 Å². The smallest absolute Gasteiger partial charge is 0.278 e. The Kier molecular flexibility index (Phi) is 5.23. The zero-order chi connectivity index (χ0) is 17.0. The summed E-state index contributed by atoms with van der Waals surface area (Å²) in [6.07, 6.45) is 0. The van der Waals surface area contributed by atoms with Crippen LogP contribution in [0.1, 0.15) is 5.56 Å². The van der Waals surface area contributed by atoms with Crippen molar-refractivity contribution in [3.63, 3.8) is 0 Å². The van der Waals surface area contributed by atoms with Crippen LogP contribution < -0.4 is 14.8 Å². The van der Waals surface area contributed by atoms with Gasteiger partial charge in [-0.25, -0.2) is 4.39 Å². The predicted octanol–water partition coefficient (Wildman–Crippen LogP) is 4.02. The molecule has 2 aromatic rings. The number of halogens is 2. The van der Waals surface area contributed by atoms with Gasteiger partial charge in [-0.2, -0.15) is 0 Å². The van der Waals surface area contributed by atoms with Gasteiger partial charge < -0.3 is 14.8 Å². The molecule has 122 valence electrons. The highest BCUT2D eigenvalue weighted by molar-refractivity contribution is 6.31. The molecule has 2 rings (SSSR count). The zero-order valence-corrected chi connectivity index (χ0v) is 13.2. The van der Waals surface area contributed by atoms with E-state index in [1.807, 2.05) is 0 Å². The molecule has 0 fully saturated rings. The Morgan fingerprint density at radius 3 is 2.43 bits per heavy atom. The lowest BCUT2D eigenvalue weighted by atomic mass is 10.1. The maximum absolute atomic E-state index is 13.1. The van der Waals surface area contributed by atoms with Crippen LogP contribution in [-0.2, 0) is 6.54 Å². The summed E-state index contributed by atoms with van der Waals surface area (Å²) in [4.78, 5) is 10.7. The molecule has 0 aliphatic carbocycles. The Labute approximate surface area is 136 Å². The van der Waals surface area contributed by atoms with Crippen LogP contribution in [0.4, 0.5) is 15.8 Å². The average molecular weight is 341 g/mol. The highest BCUT2D eigenvalue weighted by atomic mass is 35.5. The molecule has 0 bridgehead atoms. The third kappa shape index (κ3) is 3.81. The SMILES string of the molecule is COc1cc(CNc2ccc(F)c(Cl)c2)c([N+](=O)[O-])cc1OC. The van der Waals surface area contributed by atoms with Gasteiger partial charge in [0.2, 0.25) is 0 Å². The van der Waals surface area contributed by atoms with Crippen molar-refractivity contribution < 1.29 is 18.8 Å². The van der Waals surface area contributed by atoms with E-state index in [0.717, 1.165) is 0 Å². The summed E-state index contributed by atoms with van der Waals surface area (Å²) in [5.74, 6) is 0.120. The second-order valence-electron chi connectivity index (χ2n) is 4.58. The number of rotatable bonds is 6. The Hall–Kier alpha value is -2.54. The van der Waals surface area contributed by atoms with Crippen molar-refractivity contribution in [3.8, 4) is 11.5 Å². The van der Waals surface area contributed by atoms with Crippen molar-refractivity contribution in [2.45, 2.75) is 6.54 Å². The first-order valence-electron chi connectivity index (χ1n) is 6.54. The molecular weight excluding hydrogens is 327 g/mol. The number of ether oxygens (including phenoxy) is 2. The molecule has 0 aliphatic heterocycles. The lowest BCUT2D eigenvalue weighted by Crippen LogP contribution is -2.05. The van der Waals surface area contributed by atoms with Crippen molar-refractivity contribution in [1.29, 1.82) is 0 Å². The molecule has 0 atom stereocenters. The molecule has 6 nitrogen and oxygen atoms in total. The molecule has 0 saturated carbocycles. The monoisotopic (exact) mass is 340 g/mol. The van der Waals surface area contributed by atoms with Crippen LogP contribution in [0.3, 0.4) is 0 Å². The van der Waals surface area contributed by atoms with Crippen molar-refractivity contribution >= 4 is 23.0 Å². The lowest BCUT2D eigenvalue weighted by Gasteiger charge is -2.12. The average Bonchev–Trinajstić information content (AvgIpc) is 2.54. The van der Waals surface area contributed by atoms with Gasteiger partial charge in [0.25, 0.3) is 5.69 Å². The minimum Gasteiger partial charge on any atom is -0.493 e. The number of anilines is 1. The number of benzene rings is 2. The largest absolute Gasteiger partial charge is 0.493 e. The third-order valence-electron chi connectivity index (χ3n) is 3.18. The highest BCUT2D eigenvalue weighted by Crippen LogP contribution is 2.34. The number of hydrogen-bond donors (Lipinski definition) is 1. The number of nitro groups is 1. The van der Waals surface area contributed by atoms with Gasteiger partial charge in [-0.15, -0.1) is 0 Å². The fraction of sp³-hybridized carbons (Fsp3) is 0.200. The number of methoxy groups -OCH3 is 2. The van der Waals surface area contributed by atoms with Gasteiger partial charge in [-0.3, -0.25) is 10.1 Å². The lowest BCUT2D eigenvalue weighted by molar-refractivity contribution is -0.385. The number of hydrogen-bond acceptors (Lipinski definition) is 5. The quantitative estimate of drug-likeness (QED) is 0.635. The summed E-state index contributed by atoms with van der Waals surface area (Å²) in [5.41, 5.74) is 0.830. The first-order valence-corrected chi connectivity index (χ1v) is 6.92. The molecule has 0 saturated heterocycles. The summed E-state index contributed by atoms with van der Waals surface area (Å²) in [5, 5.41) is 14.1. The molecule has 23 heavy (non-hydrogen) atoms. The van der Waals surface area contributed by atoms with Crippen LogP contribution in [0.5, 0.6) is 11.5 Å². The van der Waals surface area contributed by atoms with Crippen molar-refractivity contribution in [2.24, 2.45) is 0 Å². The van der Waals surface area contributed by atoms with Gasteiger partial charge in [0, 0.05) is 12.2 Å². The van der Waals surface area contributed by atoms with Crippen molar-refractivity contribution in [3.05, 3.63) is 56.8 Å². The first-order chi connectivity index (χ1) is 11.0. The van der Waals surface area contributed by atoms with Gasteiger partial charge in [-0.05, 0) is 24.3 Å². The standard InChI is InChI=1S/C15H14ClFN2O4/c1-22-14-5-9(13(19(20)21)7-15(14)23-2)8-18-10-3-4-12(17)11(16)6-10/h3-7,18H,8H2,1-2H3. The van der Waals surface area contributed by atoms with E-state index in [4.69, 9.17) is 21.1 Å². The molecule has 0 amide bonds. The van der Waals surface area contributed by atoms with Gasteiger partial charge in [0.15, 0.2) is 11.5 Å². The Morgan fingerprint density at radius 1 is 1.22 bits per heavy atom. The Bertz CT molecular complexity index is 740. The Balaban J connectivity index is 2.30. The van der Waals surface area contributed by atoms with Gasteiger partial charge in [0.05, 0.1) is 35.8 Å². The topological polar surface area (TPSA) is 73.6 Å². The molecular formula is C15H14ClFN2O4. The molecule has 0 aromatic heterocycles. The molecule has 2 aromatic carbocycles. The summed E-state index contributed by atoms with van der Waals surface area (Å²) in [6, 6.07) is 6.94. The van der Waals surface area contributed by atoms with E-state index in [1.54, 1.807) is 0 Å². The maximum atomic E-state index is 13.1. The highest BCUT2D eigenvalue weighted by Gasteiger charge is 2.19. The minimum atomic E-state index is -0.533. The summed E-state index contributed by atoms with van der Waals surface area (Å²) < 4.78 is 23.4. The van der Waals surface area contributed by atoms with Gasteiger partial charge in [0.1, 0.15) is 5.82 Å². The molecule has 8 heteroatoms. The van der Waals surface area contributed by atoms with Crippen LogP contribution >= 0.6 is 11.6 Å². The van der Waals surface area contributed by atoms with E-state index in [-0.39, 0.29) is 23.0 Å². The fourth-order valence-electron chi connectivity index (χ4n) is 2.03. The minimum absolute atomic E-state index is 0.0307. The normalized spacial score (nSPS) is 10.3. The third-order valence-corrected chi connectivity index (χ3v) is 3.47. The first kappa shape index (κ1) is 16.8. The molecule has 0 unspecified atom stereocenters. The van der Waals surface area contributed by atoms with Crippen LogP contribution in [0.2, 0.25) is 5.02 Å². The van der Waals surface area contributed by atoms with Crippen LogP contribution in [0, 0.1) is 15.9 Å². The summed E-state index contributed by atoms with van der Waals surface area (Å²) >= 11 is 5.70. The van der Waals surface area contributed by atoms with E-state index in [9.17, 15) is 14.5 Å². The Morgan fingerprint density at radius 2 is 1.87 bits per heavy atom. The summed E-state index contributed by atoms with van der Waals surface area (Å²) in [6.45, 7) is 0.138. The molecule has 0 spiro atoms. The summed E-state index contributed by atoms with van der Waals surface area (Å²) in [7, 11) is 2.85. The fourth-order valence-corrected chi connectivity index (χ4v) is 2.21. The maximum Gasteiger partial charge on any atom is 0.278 e. The number of nitro benzene ring substituents is 1. The molecule has 1 N–H and O–H groups in total. The van der Waals surface area contributed by atoms with E-state index in [0.29, 0.717) is 17.0 Å². The van der Waals surface area contributed by atoms with E-state index in [2.05, 4.69) is 5.32 Å². The van der Waals surface area contributed by atoms with E-state index >= 15 is 0 Å². The van der Waals surface area contributed by atoms with Crippen LogP contribution in [0.15, 0.2) is 30.3 Å². The second-order valence-corrected chi connectivity index (χ2v) is 4.98. The second kappa shape index (κ2) is 7.15. The van der Waals surface area contributed by atoms with Gasteiger partial charge in [-0.1, -0.05) is 11.6 Å². The van der Waals surface area contributed by atoms with Crippen molar-refractivity contribution in [1.82, 2.24) is 0 Å². The van der Waals surface area contributed by atoms with Crippen LogP contribution in [0.25, 0.3) is 0 Å². The molecule has 0 radical (unpaired) electrons. The number of nitrogens with zero attached hydrogens (tertiary/aromatic N) is 1. The number of nitrogens with one attached hydrogen (secondary N) is 1. The van der Waals surface area contributed by atoms with E-state index in [1.165, 1.54) is 44.6 Å².